The van der Waals surface area contributed by atoms with Crippen LogP contribution in [0.25, 0.3) is 0 Å². The molecular weight excluding hydrogens is 272 g/mol. The van der Waals surface area contributed by atoms with Crippen molar-refractivity contribution in [2.75, 3.05) is 33.2 Å². The second-order valence-electron chi connectivity index (χ2n) is 5.89. The number of benzene rings is 1. The molecule has 1 aliphatic rings. The highest BCUT2D eigenvalue weighted by Gasteiger charge is 2.22. The number of nitrogens with one attached hydrogen (secondary N) is 2. The molecule has 1 heterocycles. The van der Waals surface area contributed by atoms with Crippen LogP contribution in [-0.4, -0.2) is 50.1 Å². The minimum absolute atomic E-state index is 0.660. The molecule has 0 saturated carbocycles. The lowest BCUT2D eigenvalue weighted by molar-refractivity contribution is 0.267. The minimum atomic E-state index is 0.660. The highest BCUT2D eigenvalue weighted by molar-refractivity contribution is 5.79. The highest BCUT2D eigenvalue weighted by atomic mass is 15.2. The van der Waals surface area contributed by atoms with Crippen LogP contribution in [0.4, 0.5) is 0 Å². The van der Waals surface area contributed by atoms with E-state index >= 15 is 0 Å². The first-order valence-corrected chi connectivity index (χ1v) is 8.56. The molecule has 1 aliphatic heterocycles. The van der Waals surface area contributed by atoms with Crippen LogP contribution in [-0.2, 0) is 6.42 Å². The maximum absolute atomic E-state index is 4.32. The Morgan fingerprint density at radius 1 is 1.27 bits per heavy atom. The number of aryl methyl sites for hydroxylation is 1. The first kappa shape index (κ1) is 16.8. The smallest absolute Gasteiger partial charge is 0.191 e. The molecule has 0 radical (unpaired) electrons. The van der Waals surface area contributed by atoms with E-state index in [1.54, 1.807) is 0 Å². The summed E-state index contributed by atoms with van der Waals surface area (Å²) >= 11 is 0. The Labute approximate surface area is 135 Å². The Morgan fingerprint density at radius 3 is 2.82 bits per heavy atom. The fourth-order valence-electron chi connectivity index (χ4n) is 3.12. The van der Waals surface area contributed by atoms with Gasteiger partial charge in [0.15, 0.2) is 5.96 Å². The molecule has 0 aliphatic carbocycles. The zero-order chi connectivity index (χ0) is 15.6. The summed E-state index contributed by atoms with van der Waals surface area (Å²) in [5.74, 6) is 0.927. The molecule has 0 amide bonds. The molecule has 1 fully saturated rings. The third kappa shape index (κ3) is 5.34. The van der Waals surface area contributed by atoms with Crippen molar-refractivity contribution in [3.8, 4) is 0 Å². The molecule has 22 heavy (non-hydrogen) atoms. The lowest BCUT2D eigenvalue weighted by Crippen LogP contribution is -2.45. The zero-order valence-electron chi connectivity index (χ0n) is 14.0. The van der Waals surface area contributed by atoms with Crippen molar-refractivity contribution in [2.45, 2.75) is 38.6 Å². The molecule has 1 aromatic carbocycles. The summed E-state index contributed by atoms with van der Waals surface area (Å²) in [6.07, 6.45) is 4.85. The van der Waals surface area contributed by atoms with E-state index in [0.29, 0.717) is 6.04 Å². The van der Waals surface area contributed by atoms with Crippen LogP contribution in [0.15, 0.2) is 35.3 Å². The van der Waals surface area contributed by atoms with Gasteiger partial charge in [0.05, 0.1) is 0 Å². The van der Waals surface area contributed by atoms with Gasteiger partial charge in [-0.3, -0.25) is 9.89 Å². The number of aliphatic imine (C=N–C) groups is 1. The van der Waals surface area contributed by atoms with Crippen molar-refractivity contribution in [3.05, 3.63) is 35.9 Å². The summed E-state index contributed by atoms with van der Waals surface area (Å²) in [5, 5.41) is 6.89. The fourth-order valence-corrected chi connectivity index (χ4v) is 3.12. The van der Waals surface area contributed by atoms with Gasteiger partial charge in [0, 0.05) is 26.2 Å². The van der Waals surface area contributed by atoms with Crippen LogP contribution in [0.5, 0.6) is 0 Å². The van der Waals surface area contributed by atoms with E-state index in [1.165, 1.54) is 24.9 Å². The van der Waals surface area contributed by atoms with Crippen molar-refractivity contribution in [3.63, 3.8) is 0 Å². The van der Waals surface area contributed by atoms with E-state index in [0.717, 1.165) is 38.4 Å². The largest absolute Gasteiger partial charge is 0.356 e. The average molecular weight is 302 g/mol. The molecule has 0 bridgehead atoms. The predicted octanol–water partition coefficient (Wildman–Crippen LogP) is 2.27. The van der Waals surface area contributed by atoms with E-state index in [-0.39, 0.29) is 0 Å². The topological polar surface area (TPSA) is 39.7 Å². The summed E-state index contributed by atoms with van der Waals surface area (Å²) in [6, 6.07) is 11.3. The second kappa shape index (κ2) is 9.46. The van der Waals surface area contributed by atoms with Crippen molar-refractivity contribution < 1.29 is 0 Å². The number of rotatable bonds is 7. The van der Waals surface area contributed by atoms with Gasteiger partial charge in [0.1, 0.15) is 0 Å². The Kier molecular flexibility index (Phi) is 7.23. The zero-order valence-corrected chi connectivity index (χ0v) is 14.0. The first-order chi connectivity index (χ1) is 10.8. The van der Waals surface area contributed by atoms with Gasteiger partial charge in [-0.2, -0.15) is 0 Å². The summed E-state index contributed by atoms with van der Waals surface area (Å²) in [4.78, 5) is 6.87. The monoisotopic (exact) mass is 302 g/mol. The van der Waals surface area contributed by atoms with Crippen molar-refractivity contribution >= 4 is 5.96 Å². The van der Waals surface area contributed by atoms with Crippen LogP contribution < -0.4 is 10.6 Å². The molecule has 0 spiro atoms. The maximum Gasteiger partial charge on any atom is 0.191 e. The van der Waals surface area contributed by atoms with Crippen molar-refractivity contribution in [1.29, 1.82) is 0 Å². The van der Waals surface area contributed by atoms with Crippen LogP contribution >= 0.6 is 0 Å². The van der Waals surface area contributed by atoms with Crippen molar-refractivity contribution in [2.24, 2.45) is 4.99 Å². The Hall–Kier alpha value is -1.55. The number of hydrogen-bond donors (Lipinski definition) is 2. The summed E-state index contributed by atoms with van der Waals surface area (Å²) in [7, 11) is 1.85. The van der Waals surface area contributed by atoms with Gasteiger partial charge in [0.25, 0.3) is 0 Å². The van der Waals surface area contributed by atoms with Crippen molar-refractivity contribution in [1.82, 2.24) is 15.5 Å². The highest BCUT2D eigenvalue weighted by Crippen LogP contribution is 2.15. The van der Waals surface area contributed by atoms with Crippen LogP contribution in [0.1, 0.15) is 31.7 Å². The summed E-state index contributed by atoms with van der Waals surface area (Å²) in [6.45, 7) is 6.58. The van der Waals surface area contributed by atoms with Gasteiger partial charge >= 0.3 is 0 Å². The van der Waals surface area contributed by atoms with Gasteiger partial charge in [0.2, 0.25) is 0 Å². The molecule has 2 N–H and O–H groups in total. The van der Waals surface area contributed by atoms with E-state index in [1.807, 2.05) is 7.05 Å². The number of likely N-dealkylation sites (N-methyl/N-ethyl adjacent to an activating group) is 1. The predicted molar refractivity (Wildman–Crippen MR) is 94.4 cm³/mol. The lowest BCUT2D eigenvalue weighted by atomic mass is 10.1. The quantitative estimate of drug-likeness (QED) is 0.461. The normalized spacial score (nSPS) is 19.4. The molecule has 1 atom stereocenters. The van der Waals surface area contributed by atoms with Gasteiger partial charge in [-0.05, 0) is 44.3 Å². The summed E-state index contributed by atoms with van der Waals surface area (Å²) < 4.78 is 0. The Balaban J connectivity index is 1.63. The van der Waals surface area contributed by atoms with E-state index in [9.17, 15) is 0 Å². The SMILES string of the molecule is CCN1CCCC1CNC(=NC)NCCCc1ccccc1. The number of likely N-dealkylation sites (tertiary alicyclic amines) is 1. The number of guanidine groups is 1. The molecule has 0 aromatic heterocycles. The molecule has 4 heteroatoms. The third-order valence-electron chi connectivity index (χ3n) is 4.41. The average Bonchev–Trinajstić information content (AvgIpc) is 3.02. The molecule has 1 unspecified atom stereocenters. The standard InChI is InChI=1S/C18H30N4/c1-3-22-14-8-12-17(22)15-21-18(19-2)20-13-7-11-16-9-5-4-6-10-16/h4-6,9-10,17H,3,7-8,11-15H2,1-2H3,(H2,19,20,21). The molecule has 122 valence electrons. The maximum atomic E-state index is 4.32. The molecule has 1 saturated heterocycles. The minimum Gasteiger partial charge on any atom is -0.356 e. The van der Waals surface area contributed by atoms with E-state index < -0.39 is 0 Å². The molecule has 4 nitrogen and oxygen atoms in total. The first-order valence-electron chi connectivity index (χ1n) is 8.56. The van der Waals surface area contributed by atoms with Gasteiger partial charge in [-0.25, -0.2) is 0 Å². The molecule has 2 rings (SSSR count). The lowest BCUT2D eigenvalue weighted by Gasteiger charge is -2.24. The van der Waals surface area contributed by atoms with Crippen LogP contribution in [0.3, 0.4) is 0 Å². The third-order valence-corrected chi connectivity index (χ3v) is 4.41. The number of nitrogens with zero attached hydrogens (tertiary/aromatic N) is 2. The Bertz CT molecular complexity index is 444. The summed E-state index contributed by atoms with van der Waals surface area (Å²) in [5.41, 5.74) is 1.40. The van der Waals surface area contributed by atoms with E-state index in [4.69, 9.17) is 0 Å². The fraction of sp³-hybridized carbons (Fsp3) is 0.611. The molecular formula is C18H30N4. The van der Waals surface area contributed by atoms with Crippen LogP contribution in [0, 0.1) is 0 Å². The molecule has 1 aromatic rings. The van der Waals surface area contributed by atoms with Gasteiger partial charge < -0.3 is 10.6 Å². The Morgan fingerprint density at radius 2 is 2.09 bits per heavy atom. The number of hydrogen-bond acceptors (Lipinski definition) is 2. The second-order valence-corrected chi connectivity index (χ2v) is 5.89. The van der Waals surface area contributed by atoms with Crippen LogP contribution in [0.2, 0.25) is 0 Å². The van der Waals surface area contributed by atoms with Gasteiger partial charge in [-0.1, -0.05) is 37.3 Å². The van der Waals surface area contributed by atoms with E-state index in [2.05, 4.69) is 57.8 Å². The van der Waals surface area contributed by atoms with Gasteiger partial charge in [-0.15, -0.1) is 0 Å².